The summed E-state index contributed by atoms with van der Waals surface area (Å²) in [6.45, 7) is 2.81. The highest BCUT2D eigenvalue weighted by Gasteiger charge is 2.23. The molecule has 0 atom stereocenters. The van der Waals surface area contributed by atoms with Crippen LogP contribution < -0.4 is 21.3 Å². The van der Waals surface area contributed by atoms with Crippen molar-refractivity contribution in [3.63, 3.8) is 0 Å². The van der Waals surface area contributed by atoms with Crippen molar-refractivity contribution in [1.82, 2.24) is 16.0 Å². The Labute approximate surface area is 205 Å². The molecular weight excluding hydrogens is 442 g/mol. The van der Waals surface area contributed by atoms with E-state index in [-0.39, 0.29) is 17.9 Å². The lowest BCUT2D eigenvalue weighted by molar-refractivity contribution is 0.0696. The third kappa shape index (κ3) is 5.82. The van der Waals surface area contributed by atoms with Crippen LogP contribution in [-0.4, -0.2) is 50.1 Å². The van der Waals surface area contributed by atoms with E-state index in [1.165, 1.54) is 12.8 Å². The molecule has 35 heavy (non-hydrogen) atoms. The number of hydrogen-bond acceptors (Lipinski definition) is 6. The Morgan fingerprint density at radius 3 is 2.51 bits per heavy atom. The molecule has 8 nitrogen and oxygen atoms in total. The maximum Gasteiger partial charge on any atom is 0.257 e. The number of nitrogens with zero attached hydrogens (tertiary/aromatic N) is 1. The minimum absolute atomic E-state index is 0.0629. The number of rotatable bonds is 6. The molecule has 4 N–H and O–H groups in total. The summed E-state index contributed by atoms with van der Waals surface area (Å²) >= 11 is 0. The van der Waals surface area contributed by atoms with E-state index >= 15 is 0 Å². The predicted octanol–water partition coefficient (Wildman–Crippen LogP) is 3.69. The fraction of sp³-hybridized carbons (Fsp3) is 0.444. The van der Waals surface area contributed by atoms with Crippen LogP contribution in [0.3, 0.4) is 0 Å². The van der Waals surface area contributed by atoms with Crippen LogP contribution in [0.25, 0.3) is 0 Å². The smallest absolute Gasteiger partial charge is 0.257 e. The van der Waals surface area contributed by atoms with Crippen LogP contribution in [0.2, 0.25) is 0 Å². The molecule has 8 heteroatoms. The average molecular weight is 476 g/mol. The number of aliphatic imine (C=N–C) groups is 1. The molecule has 0 spiro atoms. The first-order valence-corrected chi connectivity index (χ1v) is 12.6. The summed E-state index contributed by atoms with van der Waals surface area (Å²) in [4.78, 5) is 29.9. The summed E-state index contributed by atoms with van der Waals surface area (Å²) in [6.07, 6.45) is 6.31. The highest BCUT2D eigenvalue weighted by molar-refractivity contribution is 6.06. The van der Waals surface area contributed by atoms with Gasteiger partial charge in [0.2, 0.25) is 0 Å². The van der Waals surface area contributed by atoms with Gasteiger partial charge in [0.1, 0.15) is 0 Å². The Bertz CT molecular complexity index is 1100. The van der Waals surface area contributed by atoms with Crippen LogP contribution in [0, 0.1) is 0 Å². The number of nitrogens with one attached hydrogen (secondary N) is 4. The Morgan fingerprint density at radius 1 is 0.943 bits per heavy atom. The lowest BCUT2D eigenvalue weighted by Gasteiger charge is -2.23. The number of carbonyl (C=O) groups is 2. The lowest BCUT2D eigenvalue weighted by Crippen LogP contribution is -2.38. The van der Waals surface area contributed by atoms with Crippen LogP contribution in [0.4, 0.5) is 11.4 Å². The molecule has 184 valence electrons. The van der Waals surface area contributed by atoms with Crippen LogP contribution in [0.1, 0.15) is 70.7 Å². The molecule has 0 unspecified atom stereocenters. The Balaban J connectivity index is 1.33. The molecule has 0 aromatic heterocycles. The first-order valence-electron chi connectivity index (χ1n) is 12.6. The van der Waals surface area contributed by atoms with Crippen LogP contribution in [0.15, 0.2) is 47.5 Å². The van der Waals surface area contributed by atoms with E-state index in [1.54, 1.807) is 0 Å². The van der Waals surface area contributed by atoms with Crippen LogP contribution >= 0.6 is 0 Å². The number of hydrogen-bond donors (Lipinski definition) is 4. The zero-order valence-electron chi connectivity index (χ0n) is 19.9. The van der Waals surface area contributed by atoms with E-state index in [0.717, 1.165) is 49.2 Å². The molecule has 1 saturated carbocycles. The molecule has 0 bridgehead atoms. The monoisotopic (exact) mass is 475 g/mol. The fourth-order valence-electron chi connectivity index (χ4n) is 5.06. The fourth-order valence-corrected chi connectivity index (χ4v) is 5.06. The number of ether oxygens (including phenoxy) is 1. The second-order valence-corrected chi connectivity index (χ2v) is 9.46. The van der Waals surface area contributed by atoms with Gasteiger partial charge >= 0.3 is 0 Å². The van der Waals surface area contributed by atoms with E-state index in [9.17, 15) is 9.59 Å². The zero-order chi connectivity index (χ0) is 24.0. The average Bonchev–Trinajstić information content (AvgIpc) is 3.60. The zero-order valence-corrected chi connectivity index (χ0v) is 19.9. The third-order valence-electron chi connectivity index (χ3n) is 6.98. The molecule has 0 radical (unpaired) electrons. The van der Waals surface area contributed by atoms with Gasteiger partial charge in [-0.1, -0.05) is 18.9 Å². The quantitative estimate of drug-likeness (QED) is 0.510. The number of carbonyl (C=O) groups excluding carboxylic acids is 2. The van der Waals surface area contributed by atoms with Gasteiger partial charge in [0.25, 0.3) is 11.8 Å². The maximum atomic E-state index is 12.8. The summed E-state index contributed by atoms with van der Waals surface area (Å²) < 4.78 is 5.39. The van der Waals surface area contributed by atoms with Crippen LogP contribution in [-0.2, 0) is 4.74 Å². The van der Waals surface area contributed by atoms with Crippen molar-refractivity contribution >= 4 is 29.1 Å². The Kier molecular flexibility index (Phi) is 7.28. The molecule has 1 saturated heterocycles. The minimum Gasteiger partial charge on any atom is -0.381 e. The number of anilines is 2. The molecule has 3 aliphatic rings. The summed E-state index contributed by atoms with van der Waals surface area (Å²) in [7, 11) is 0. The molecule has 2 heterocycles. The maximum absolute atomic E-state index is 12.8. The number of amides is 2. The predicted molar refractivity (Wildman–Crippen MR) is 136 cm³/mol. The molecule has 2 amide bonds. The minimum atomic E-state index is -0.157. The second-order valence-electron chi connectivity index (χ2n) is 9.46. The molecule has 2 aromatic carbocycles. The first kappa shape index (κ1) is 23.4. The van der Waals surface area contributed by atoms with Crippen molar-refractivity contribution in [2.24, 2.45) is 4.99 Å². The van der Waals surface area contributed by atoms with Crippen LogP contribution in [0.5, 0.6) is 0 Å². The van der Waals surface area contributed by atoms with Gasteiger partial charge in [-0.15, -0.1) is 0 Å². The molecule has 2 fully saturated rings. The SMILES string of the molecule is O=C(NC1=NCCN1)c1ccc(Nc2cccc(C(=O)NC3CCOCC3)c2)c(C2CCCC2)c1. The summed E-state index contributed by atoms with van der Waals surface area (Å²) in [5.74, 6) is 0.727. The topological polar surface area (TPSA) is 104 Å². The summed E-state index contributed by atoms with van der Waals surface area (Å²) in [6, 6.07) is 13.6. The molecule has 2 aromatic rings. The summed E-state index contributed by atoms with van der Waals surface area (Å²) in [5, 5.41) is 12.6. The Hall–Kier alpha value is -3.39. The van der Waals surface area contributed by atoms with E-state index in [1.807, 2.05) is 42.5 Å². The van der Waals surface area contributed by atoms with Gasteiger partial charge in [0, 0.05) is 48.3 Å². The van der Waals surface area contributed by atoms with Gasteiger partial charge in [0.15, 0.2) is 5.96 Å². The molecule has 2 aliphatic heterocycles. The van der Waals surface area contributed by atoms with Gasteiger partial charge in [0.05, 0.1) is 6.54 Å². The van der Waals surface area contributed by atoms with Crippen molar-refractivity contribution in [3.8, 4) is 0 Å². The first-order chi connectivity index (χ1) is 17.2. The van der Waals surface area contributed by atoms with Gasteiger partial charge in [-0.2, -0.15) is 0 Å². The molecule has 1 aliphatic carbocycles. The van der Waals surface area contributed by atoms with Gasteiger partial charge in [-0.05, 0) is 73.6 Å². The van der Waals surface area contributed by atoms with Crippen molar-refractivity contribution < 1.29 is 14.3 Å². The van der Waals surface area contributed by atoms with E-state index in [4.69, 9.17) is 4.74 Å². The highest BCUT2D eigenvalue weighted by Crippen LogP contribution is 2.39. The lowest BCUT2D eigenvalue weighted by atomic mass is 9.93. The third-order valence-corrected chi connectivity index (χ3v) is 6.98. The summed E-state index contributed by atoms with van der Waals surface area (Å²) in [5.41, 5.74) is 4.23. The van der Waals surface area contributed by atoms with E-state index in [2.05, 4.69) is 26.3 Å². The van der Waals surface area contributed by atoms with Crippen molar-refractivity contribution in [2.45, 2.75) is 50.5 Å². The number of benzene rings is 2. The van der Waals surface area contributed by atoms with Crippen molar-refractivity contribution in [1.29, 1.82) is 0 Å². The van der Waals surface area contributed by atoms with Gasteiger partial charge in [-0.25, -0.2) is 0 Å². The van der Waals surface area contributed by atoms with E-state index in [0.29, 0.717) is 42.8 Å². The van der Waals surface area contributed by atoms with Gasteiger partial charge in [-0.3, -0.25) is 19.9 Å². The number of guanidine groups is 1. The molecule has 5 rings (SSSR count). The molecular formula is C27H33N5O3. The van der Waals surface area contributed by atoms with Crippen molar-refractivity contribution in [3.05, 3.63) is 59.2 Å². The second kappa shape index (κ2) is 10.9. The van der Waals surface area contributed by atoms with Crippen molar-refractivity contribution in [2.75, 3.05) is 31.6 Å². The normalized spacial score (nSPS) is 18.6. The van der Waals surface area contributed by atoms with Gasteiger partial charge < -0.3 is 20.7 Å². The standard InChI is InChI=1S/C27H33N5O3/c33-25(31-21-10-14-35-15-11-21)19-6-3-7-22(16-19)30-24-9-8-20(17-23(24)18-4-1-2-5-18)26(34)32-27-28-12-13-29-27/h3,6-9,16-18,21,30H,1-2,4-5,10-15H2,(H,31,33)(H2,28,29,32,34). The highest BCUT2D eigenvalue weighted by atomic mass is 16.5. The van der Waals surface area contributed by atoms with E-state index < -0.39 is 0 Å². The Morgan fingerprint density at radius 2 is 1.74 bits per heavy atom. The largest absolute Gasteiger partial charge is 0.381 e.